The second-order valence-corrected chi connectivity index (χ2v) is 5.54. The molecule has 90 valence electrons. The minimum Gasteiger partial charge on any atom is -0.481 e. The van der Waals surface area contributed by atoms with Crippen molar-refractivity contribution >= 4 is 28.9 Å². The van der Waals surface area contributed by atoms with Crippen LogP contribution in [-0.4, -0.2) is 23.7 Å². The third kappa shape index (κ3) is 5.49. The Labute approximate surface area is 104 Å². The highest BCUT2D eigenvalue weighted by Gasteiger charge is 2.05. The van der Waals surface area contributed by atoms with Gasteiger partial charge in [-0.2, -0.15) is 0 Å². The van der Waals surface area contributed by atoms with E-state index < -0.39 is 5.97 Å². The highest BCUT2D eigenvalue weighted by molar-refractivity contribution is 7.16. The maximum absolute atomic E-state index is 10.4. The van der Waals surface area contributed by atoms with Crippen LogP contribution in [0.4, 0.5) is 0 Å². The lowest BCUT2D eigenvalue weighted by atomic mass is 10.2. The third-order valence-corrected chi connectivity index (χ3v) is 3.58. The van der Waals surface area contributed by atoms with Gasteiger partial charge in [-0.1, -0.05) is 11.6 Å². The number of rotatable bonds is 7. The summed E-state index contributed by atoms with van der Waals surface area (Å²) < 4.78 is 0.814. The molecule has 5 heteroatoms. The van der Waals surface area contributed by atoms with E-state index in [1.807, 2.05) is 19.1 Å². The molecule has 16 heavy (non-hydrogen) atoms. The maximum atomic E-state index is 10.4. The van der Waals surface area contributed by atoms with E-state index in [1.165, 1.54) is 4.88 Å². The Morgan fingerprint density at radius 3 is 2.94 bits per heavy atom. The molecule has 3 nitrogen and oxygen atoms in total. The van der Waals surface area contributed by atoms with Crippen molar-refractivity contribution in [1.82, 2.24) is 5.32 Å². The lowest BCUT2D eigenvalue weighted by molar-refractivity contribution is -0.137. The zero-order chi connectivity index (χ0) is 12.0. The smallest absolute Gasteiger partial charge is 0.303 e. The number of thiophene rings is 1. The van der Waals surface area contributed by atoms with Gasteiger partial charge in [-0.15, -0.1) is 11.3 Å². The van der Waals surface area contributed by atoms with Gasteiger partial charge in [0.25, 0.3) is 0 Å². The first-order chi connectivity index (χ1) is 7.58. The summed E-state index contributed by atoms with van der Waals surface area (Å²) in [7, 11) is 0. The van der Waals surface area contributed by atoms with Gasteiger partial charge in [-0.25, -0.2) is 0 Å². The van der Waals surface area contributed by atoms with Gasteiger partial charge in [0.1, 0.15) is 0 Å². The lowest BCUT2D eigenvalue weighted by Gasteiger charge is -2.11. The molecule has 0 aromatic carbocycles. The SMILES string of the molecule is CC(CCC(=O)O)NCCc1ccc(Cl)s1. The van der Waals surface area contributed by atoms with Gasteiger partial charge < -0.3 is 10.4 Å². The van der Waals surface area contributed by atoms with Crippen LogP contribution in [0.25, 0.3) is 0 Å². The number of halogens is 1. The Balaban J connectivity index is 2.13. The van der Waals surface area contributed by atoms with Crippen LogP contribution in [0, 0.1) is 0 Å². The van der Waals surface area contributed by atoms with Crippen LogP contribution in [0.2, 0.25) is 4.34 Å². The van der Waals surface area contributed by atoms with Crippen LogP contribution in [0.5, 0.6) is 0 Å². The first-order valence-electron chi connectivity index (χ1n) is 5.27. The molecular weight excluding hydrogens is 246 g/mol. The van der Waals surface area contributed by atoms with Crippen LogP contribution < -0.4 is 5.32 Å². The number of hydrogen-bond donors (Lipinski definition) is 2. The molecule has 0 saturated carbocycles. The monoisotopic (exact) mass is 261 g/mol. The molecule has 0 bridgehead atoms. The standard InChI is InChI=1S/C11H16ClNO2S/c1-8(2-5-11(14)15)13-7-6-9-3-4-10(12)16-9/h3-4,8,13H,2,5-7H2,1H3,(H,14,15). The summed E-state index contributed by atoms with van der Waals surface area (Å²) >= 11 is 7.41. The number of carboxylic acid groups (broad SMARTS) is 1. The minimum atomic E-state index is -0.737. The third-order valence-electron chi connectivity index (χ3n) is 2.28. The van der Waals surface area contributed by atoms with E-state index in [-0.39, 0.29) is 12.5 Å². The molecule has 2 N–H and O–H groups in total. The Morgan fingerprint density at radius 2 is 2.38 bits per heavy atom. The van der Waals surface area contributed by atoms with E-state index in [4.69, 9.17) is 16.7 Å². The molecular formula is C11H16ClNO2S. The van der Waals surface area contributed by atoms with Gasteiger partial charge >= 0.3 is 5.97 Å². The topological polar surface area (TPSA) is 49.3 Å². The van der Waals surface area contributed by atoms with Crippen LogP contribution in [0.3, 0.4) is 0 Å². The first-order valence-corrected chi connectivity index (χ1v) is 6.47. The van der Waals surface area contributed by atoms with Gasteiger partial charge in [0, 0.05) is 23.9 Å². The van der Waals surface area contributed by atoms with Gasteiger partial charge in [-0.3, -0.25) is 4.79 Å². The molecule has 0 aliphatic rings. The molecule has 1 rings (SSSR count). The quantitative estimate of drug-likeness (QED) is 0.794. The van der Waals surface area contributed by atoms with Crippen molar-refractivity contribution in [1.29, 1.82) is 0 Å². The van der Waals surface area contributed by atoms with Crippen LogP contribution in [-0.2, 0) is 11.2 Å². The summed E-state index contributed by atoms with van der Waals surface area (Å²) in [5.41, 5.74) is 0. The van der Waals surface area contributed by atoms with Crippen molar-refractivity contribution < 1.29 is 9.90 Å². The summed E-state index contributed by atoms with van der Waals surface area (Å²) in [5, 5.41) is 11.8. The molecule has 1 heterocycles. The van der Waals surface area contributed by atoms with E-state index in [0.717, 1.165) is 17.3 Å². The average Bonchev–Trinajstić information content (AvgIpc) is 2.61. The molecule has 0 amide bonds. The van der Waals surface area contributed by atoms with Crippen molar-refractivity contribution in [2.24, 2.45) is 0 Å². The number of carboxylic acids is 1. The fourth-order valence-corrected chi connectivity index (χ4v) is 2.46. The number of nitrogens with one attached hydrogen (secondary N) is 1. The molecule has 0 saturated heterocycles. The normalized spacial score (nSPS) is 12.6. The van der Waals surface area contributed by atoms with Gasteiger partial charge in [0.2, 0.25) is 0 Å². The van der Waals surface area contributed by atoms with E-state index in [9.17, 15) is 4.79 Å². The minimum absolute atomic E-state index is 0.221. The highest BCUT2D eigenvalue weighted by Crippen LogP contribution is 2.21. The summed E-state index contributed by atoms with van der Waals surface area (Å²) in [6.07, 6.45) is 1.83. The van der Waals surface area contributed by atoms with Crippen LogP contribution in [0.15, 0.2) is 12.1 Å². The summed E-state index contributed by atoms with van der Waals surface area (Å²) in [4.78, 5) is 11.6. The van der Waals surface area contributed by atoms with E-state index in [0.29, 0.717) is 6.42 Å². The predicted octanol–water partition coefficient (Wildman–Crippen LogP) is 2.79. The van der Waals surface area contributed by atoms with Gasteiger partial charge in [0.15, 0.2) is 0 Å². The van der Waals surface area contributed by atoms with Crippen molar-refractivity contribution in [2.75, 3.05) is 6.54 Å². The van der Waals surface area contributed by atoms with Crippen molar-refractivity contribution in [3.8, 4) is 0 Å². The summed E-state index contributed by atoms with van der Waals surface area (Å²) in [6.45, 7) is 2.86. The highest BCUT2D eigenvalue weighted by atomic mass is 35.5. The lowest BCUT2D eigenvalue weighted by Crippen LogP contribution is -2.28. The Bertz CT molecular complexity index is 340. The predicted molar refractivity (Wildman–Crippen MR) is 67.4 cm³/mol. The molecule has 1 aromatic rings. The van der Waals surface area contributed by atoms with E-state index in [1.54, 1.807) is 11.3 Å². The van der Waals surface area contributed by atoms with Crippen molar-refractivity contribution in [2.45, 2.75) is 32.2 Å². The zero-order valence-electron chi connectivity index (χ0n) is 9.20. The summed E-state index contributed by atoms with van der Waals surface area (Å²) in [5.74, 6) is -0.737. The second-order valence-electron chi connectivity index (χ2n) is 3.74. The van der Waals surface area contributed by atoms with Gasteiger partial charge in [-0.05, 0) is 31.9 Å². The van der Waals surface area contributed by atoms with Crippen molar-refractivity contribution in [3.63, 3.8) is 0 Å². The second kappa shape index (κ2) is 6.89. The van der Waals surface area contributed by atoms with Crippen LogP contribution >= 0.6 is 22.9 Å². The fraction of sp³-hybridized carbons (Fsp3) is 0.545. The number of carbonyl (C=O) groups is 1. The van der Waals surface area contributed by atoms with Gasteiger partial charge in [0.05, 0.1) is 4.34 Å². The van der Waals surface area contributed by atoms with Crippen LogP contribution in [0.1, 0.15) is 24.6 Å². The van der Waals surface area contributed by atoms with Crippen molar-refractivity contribution in [3.05, 3.63) is 21.3 Å². The summed E-state index contributed by atoms with van der Waals surface area (Å²) in [6, 6.07) is 4.16. The number of hydrogen-bond acceptors (Lipinski definition) is 3. The average molecular weight is 262 g/mol. The molecule has 0 fully saturated rings. The Hall–Kier alpha value is -0.580. The molecule has 1 atom stereocenters. The Kier molecular flexibility index (Phi) is 5.80. The fourth-order valence-electron chi connectivity index (χ4n) is 1.37. The molecule has 0 radical (unpaired) electrons. The molecule has 0 aliphatic heterocycles. The Morgan fingerprint density at radius 1 is 1.62 bits per heavy atom. The molecule has 1 aromatic heterocycles. The number of aliphatic carboxylic acids is 1. The molecule has 1 unspecified atom stereocenters. The first kappa shape index (κ1) is 13.5. The van der Waals surface area contributed by atoms with E-state index >= 15 is 0 Å². The molecule has 0 aliphatic carbocycles. The van der Waals surface area contributed by atoms with E-state index in [2.05, 4.69) is 5.32 Å². The zero-order valence-corrected chi connectivity index (χ0v) is 10.8. The maximum Gasteiger partial charge on any atom is 0.303 e. The largest absolute Gasteiger partial charge is 0.481 e. The molecule has 0 spiro atoms.